The summed E-state index contributed by atoms with van der Waals surface area (Å²) < 4.78 is 5.55. The fraction of sp³-hybridized carbons (Fsp3) is 0.739. The second kappa shape index (κ2) is 10.9. The lowest BCUT2D eigenvalue weighted by Crippen LogP contribution is -2.40. The molecule has 0 bridgehead atoms. The maximum atomic E-state index is 12.4. The van der Waals surface area contributed by atoms with Gasteiger partial charge in [-0.2, -0.15) is 0 Å². The first-order chi connectivity index (χ1) is 13.4. The zero-order chi connectivity index (χ0) is 20.6. The van der Waals surface area contributed by atoms with Crippen molar-refractivity contribution in [3.63, 3.8) is 0 Å². The van der Waals surface area contributed by atoms with Gasteiger partial charge in [-0.25, -0.2) is 0 Å². The lowest BCUT2D eigenvalue weighted by molar-refractivity contribution is -0.137. The molecule has 158 valence electrons. The number of hydrogen-bond acceptors (Lipinski definition) is 4. The predicted molar refractivity (Wildman–Crippen MR) is 109 cm³/mol. The summed E-state index contributed by atoms with van der Waals surface area (Å²) in [5, 5.41) is 19.3. The molecule has 0 aromatic carbocycles. The third-order valence-electron chi connectivity index (χ3n) is 6.81. The molecule has 2 fully saturated rings. The number of aliphatic carboxylic acids is 1. The molecule has 5 nitrogen and oxygen atoms in total. The van der Waals surface area contributed by atoms with Crippen LogP contribution in [0.15, 0.2) is 24.3 Å². The summed E-state index contributed by atoms with van der Waals surface area (Å²) in [5.74, 6) is -0.618. The molecule has 28 heavy (non-hydrogen) atoms. The topological polar surface area (TPSA) is 83.8 Å². The van der Waals surface area contributed by atoms with Crippen molar-refractivity contribution in [1.29, 1.82) is 0 Å². The maximum Gasteiger partial charge on any atom is 0.303 e. The van der Waals surface area contributed by atoms with Gasteiger partial charge in [-0.3, -0.25) is 9.59 Å². The quantitative estimate of drug-likeness (QED) is 0.382. The van der Waals surface area contributed by atoms with Crippen LogP contribution in [0.4, 0.5) is 0 Å². The first-order valence-electron chi connectivity index (χ1n) is 10.7. The Kier molecular flexibility index (Phi) is 8.90. The van der Waals surface area contributed by atoms with Crippen LogP contribution in [0.5, 0.6) is 0 Å². The standard InChI is InChI=1S/C23H36O5/c1-3-23(14-9-15-23)21(25)12-8-11-18-17(19(24)16-20(18)28-2)10-6-4-5-7-13-22(26)27/h4,6,8,11,17-18,20-21,25H,3,5,7,9-10,12-16H2,1-2H3,(H,26,27)/b6-4-,11-8?/t17-,18-,20-,21?/m1/s1. The molecule has 1 unspecified atom stereocenters. The van der Waals surface area contributed by atoms with E-state index in [0.717, 1.165) is 19.3 Å². The molecule has 0 aromatic rings. The van der Waals surface area contributed by atoms with Crippen LogP contribution in [0.1, 0.15) is 71.1 Å². The Morgan fingerprint density at radius 1 is 1.32 bits per heavy atom. The van der Waals surface area contributed by atoms with Gasteiger partial charge in [-0.1, -0.05) is 37.6 Å². The largest absolute Gasteiger partial charge is 0.481 e. The van der Waals surface area contributed by atoms with Gasteiger partial charge in [0.25, 0.3) is 0 Å². The SMILES string of the molecule is CCC1(C(O)CC=C[C@H]2[C@H](OC)CC(=O)[C@@H]2C/C=C\CCCC(=O)O)CCC1. The number of unbranched alkanes of at least 4 members (excludes halogenated alkanes) is 1. The lowest BCUT2D eigenvalue weighted by Gasteiger charge is -2.45. The number of allylic oxidation sites excluding steroid dienone is 2. The third kappa shape index (κ3) is 5.77. The molecule has 0 saturated heterocycles. The van der Waals surface area contributed by atoms with E-state index in [9.17, 15) is 14.7 Å². The average molecular weight is 393 g/mol. The minimum absolute atomic E-state index is 0.0346. The van der Waals surface area contributed by atoms with Crippen molar-refractivity contribution in [2.75, 3.05) is 7.11 Å². The minimum Gasteiger partial charge on any atom is -0.481 e. The second-order valence-electron chi connectivity index (χ2n) is 8.37. The first-order valence-corrected chi connectivity index (χ1v) is 10.7. The molecule has 4 atom stereocenters. The highest BCUT2D eigenvalue weighted by molar-refractivity contribution is 5.84. The molecule has 2 saturated carbocycles. The van der Waals surface area contributed by atoms with E-state index in [0.29, 0.717) is 32.1 Å². The summed E-state index contributed by atoms with van der Waals surface area (Å²) in [6.45, 7) is 2.15. The van der Waals surface area contributed by atoms with Crippen molar-refractivity contribution in [2.24, 2.45) is 17.3 Å². The van der Waals surface area contributed by atoms with Crippen LogP contribution in [0, 0.1) is 17.3 Å². The van der Waals surface area contributed by atoms with Gasteiger partial charge in [0.15, 0.2) is 0 Å². The Balaban J connectivity index is 1.89. The van der Waals surface area contributed by atoms with Crippen molar-refractivity contribution in [2.45, 2.75) is 83.3 Å². The summed E-state index contributed by atoms with van der Waals surface area (Å²) in [4.78, 5) is 23.0. The van der Waals surface area contributed by atoms with Crippen molar-refractivity contribution in [1.82, 2.24) is 0 Å². The van der Waals surface area contributed by atoms with Crippen LogP contribution >= 0.6 is 0 Å². The molecule has 0 spiro atoms. The van der Waals surface area contributed by atoms with Crippen LogP contribution in [-0.4, -0.2) is 41.3 Å². The molecule has 0 aliphatic heterocycles. The Morgan fingerprint density at radius 3 is 2.64 bits per heavy atom. The number of ketones is 1. The Hall–Kier alpha value is -1.46. The van der Waals surface area contributed by atoms with Crippen molar-refractivity contribution < 1.29 is 24.5 Å². The van der Waals surface area contributed by atoms with Crippen LogP contribution in [0.3, 0.4) is 0 Å². The molecule has 2 aliphatic carbocycles. The monoisotopic (exact) mass is 392 g/mol. The fourth-order valence-electron chi connectivity index (χ4n) is 4.65. The Labute approximate surface area is 168 Å². The predicted octanol–water partition coefficient (Wildman–Crippen LogP) is 4.30. The highest BCUT2D eigenvalue weighted by Gasteiger charge is 2.42. The van der Waals surface area contributed by atoms with E-state index >= 15 is 0 Å². The average Bonchev–Trinajstić information content (AvgIpc) is 2.92. The number of ether oxygens (including phenoxy) is 1. The number of aliphatic hydroxyl groups excluding tert-OH is 1. The molecule has 2 aliphatic rings. The van der Waals surface area contributed by atoms with Gasteiger partial charge in [0.1, 0.15) is 5.78 Å². The summed E-state index contributed by atoms with van der Waals surface area (Å²) in [6, 6.07) is 0. The molecule has 0 radical (unpaired) electrons. The summed E-state index contributed by atoms with van der Waals surface area (Å²) in [5.41, 5.74) is 0.0918. The minimum atomic E-state index is -0.776. The highest BCUT2D eigenvalue weighted by Crippen LogP contribution is 2.47. The Morgan fingerprint density at radius 2 is 2.07 bits per heavy atom. The van der Waals surface area contributed by atoms with Gasteiger partial charge in [0.2, 0.25) is 0 Å². The second-order valence-corrected chi connectivity index (χ2v) is 8.37. The van der Waals surface area contributed by atoms with Gasteiger partial charge in [-0.15, -0.1) is 0 Å². The van der Waals surface area contributed by atoms with Crippen LogP contribution in [-0.2, 0) is 14.3 Å². The number of carbonyl (C=O) groups excluding carboxylic acids is 1. The van der Waals surface area contributed by atoms with E-state index < -0.39 is 5.97 Å². The van der Waals surface area contributed by atoms with E-state index in [1.807, 2.05) is 18.2 Å². The van der Waals surface area contributed by atoms with Crippen LogP contribution in [0.25, 0.3) is 0 Å². The van der Waals surface area contributed by atoms with Gasteiger partial charge < -0.3 is 14.9 Å². The maximum absolute atomic E-state index is 12.4. The summed E-state index contributed by atoms with van der Waals surface area (Å²) >= 11 is 0. The first kappa shape index (κ1) is 22.8. The van der Waals surface area contributed by atoms with Crippen molar-refractivity contribution in [3.8, 4) is 0 Å². The zero-order valence-corrected chi connectivity index (χ0v) is 17.3. The van der Waals surface area contributed by atoms with Gasteiger partial charge in [-0.05, 0) is 50.4 Å². The number of methoxy groups -OCH3 is 1. The van der Waals surface area contributed by atoms with Gasteiger partial charge in [0.05, 0.1) is 12.2 Å². The Bertz CT molecular complexity index is 570. The van der Waals surface area contributed by atoms with E-state index in [-0.39, 0.29) is 41.7 Å². The molecule has 5 heteroatoms. The number of rotatable bonds is 12. The number of carboxylic acids is 1. The smallest absolute Gasteiger partial charge is 0.303 e. The van der Waals surface area contributed by atoms with E-state index in [1.54, 1.807) is 7.11 Å². The third-order valence-corrected chi connectivity index (χ3v) is 6.81. The molecule has 0 amide bonds. The molecule has 2 rings (SSSR count). The van der Waals surface area contributed by atoms with E-state index in [4.69, 9.17) is 9.84 Å². The molecule has 0 heterocycles. The van der Waals surface area contributed by atoms with Crippen molar-refractivity contribution >= 4 is 11.8 Å². The summed E-state index contributed by atoms with van der Waals surface area (Å²) in [7, 11) is 1.65. The van der Waals surface area contributed by atoms with Gasteiger partial charge in [0, 0.05) is 31.8 Å². The molecular weight excluding hydrogens is 356 g/mol. The zero-order valence-electron chi connectivity index (χ0n) is 17.3. The molecule has 2 N–H and O–H groups in total. The van der Waals surface area contributed by atoms with Crippen molar-refractivity contribution in [3.05, 3.63) is 24.3 Å². The van der Waals surface area contributed by atoms with E-state index in [2.05, 4.69) is 13.0 Å². The highest BCUT2D eigenvalue weighted by atomic mass is 16.5. The number of Topliss-reactive ketones (excluding diaryl/α,β-unsaturated/α-hetero) is 1. The van der Waals surface area contributed by atoms with Gasteiger partial charge >= 0.3 is 5.97 Å². The van der Waals surface area contributed by atoms with Crippen LogP contribution in [0.2, 0.25) is 0 Å². The van der Waals surface area contributed by atoms with Crippen LogP contribution < -0.4 is 0 Å². The molecule has 0 aromatic heterocycles. The number of carbonyl (C=O) groups is 2. The number of carboxylic acid groups (broad SMARTS) is 1. The summed E-state index contributed by atoms with van der Waals surface area (Å²) in [6.07, 6.45) is 15.3. The fourth-order valence-corrected chi connectivity index (χ4v) is 4.65. The number of aliphatic hydroxyl groups is 1. The molecular formula is C23H36O5. The lowest BCUT2D eigenvalue weighted by atomic mass is 9.63. The normalized spacial score (nSPS) is 28.1. The number of hydrogen-bond donors (Lipinski definition) is 2. The van der Waals surface area contributed by atoms with E-state index in [1.165, 1.54) is 6.42 Å².